The molecular weight excluding hydrogens is 560 g/mol. The lowest BCUT2D eigenvalue weighted by Gasteiger charge is -2.47. The minimum Gasteiger partial charge on any atom is -0.475 e. The van der Waals surface area contributed by atoms with E-state index in [1.165, 1.54) is 0 Å². The largest absolute Gasteiger partial charge is 0.490 e. The van der Waals surface area contributed by atoms with Gasteiger partial charge in [-0.25, -0.2) is 9.59 Å². The molecule has 1 spiro atoms. The topological polar surface area (TPSA) is 130 Å². The van der Waals surface area contributed by atoms with Gasteiger partial charge in [0.25, 0.3) is 5.91 Å². The summed E-state index contributed by atoms with van der Waals surface area (Å²) in [5.41, 5.74) is 2.80. The number of aliphatic carboxylic acids is 2. The number of aromatic nitrogens is 2. The first-order valence-electron chi connectivity index (χ1n) is 11.0. The number of hydrogen-bond acceptors (Lipinski definition) is 7. The number of hydrogen-bond donors (Lipinski definition) is 2. The standard InChI is InChI=1S/C19H21N3O2S.2C2HF3O2/c1-14-5-16(9-21-7-14)18(23)22-12-19(13-22)6-17(11-25-19)24-10-15-3-2-4-20-8-15;2*3-2(4,5)1(6)7/h2-5,7-9,17H,6,10-13H2,1H3;2*(H,6,7). The molecule has 2 N–H and O–H groups in total. The molecule has 9 nitrogen and oxygen atoms in total. The molecule has 0 aliphatic carbocycles. The lowest BCUT2D eigenvalue weighted by Crippen LogP contribution is -2.60. The number of nitrogens with zero attached hydrogens (tertiary/aromatic N) is 3. The van der Waals surface area contributed by atoms with Crippen LogP contribution in [0, 0.1) is 6.92 Å². The third kappa shape index (κ3) is 10.0. The van der Waals surface area contributed by atoms with E-state index >= 15 is 0 Å². The van der Waals surface area contributed by atoms with Crippen molar-refractivity contribution in [2.45, 2.75) is 43.2 Å². The molecule has 1 amide bonds. The fraction of sp³-hybridized carbons (Fsp3) is 0.435. The summed E-state index contributed by atoms with van der Waals surface area (Å²) in [6.45, 7) is 4.17. The number of rotatable bonds is 4. The number of likely N-dealkylation sites (tertiary alicyclic amines) is 1. The Morgan fingerprint density at radius 2 is 1.64 bits per heavy atom. The number of aryl methyl sites for hydroxylation is 1. The molecule has 2 aromatic heterocycles. The van der Waals surface area contributed by atoms with Crippen molar-refractivity contribution in [2.75, 3.05) is 18.8 Å². The van der Waals surface area contributed by atoms with Crippen LogP contribution in [-0.4, -0.2) is 85.0 Å². The van der Waals surface area contributed by atoms with Gasteiger partial charge in [0.1, 0.15) is 0 Å². The summed E-state index contributed by atoms with van der Waals surface area (Å²) < 4.78 is 69.7. The van der Waals surface area contributed by atoms with Crippen LogP contribution in [0.4, 0.5) is 26.3 Å². The van der Waals surface area contributed by atoms with Crippen LogP contribution >= 0.6 is 11.8 Å². The highest BCUT2D eigenvalue weighted by Gasteiger charge is 2.51. The molecule has 2 aromatic rings. The molecule has 0 saturated carbocycles. The van der Waals surface area contributed by atoms with E-state index in [-0.39, 0.29) is 16.8 Å². The normalized spacial score (nSPS) is 17.7. The highest BCUT2D eigenvalue weighted by atomic mass is 32.2. The third-order valence-electron chi connectivity index (χ3n) is 5.24. The number of carbonyl (C=O) groups excluding carboxylic acids is 1. The van der Waals surface area contributed by atoms with Gasteiger partial charge in [-0.3, -0.25) is 14.8 Å². The number of halogens is 6. The molecule has 4 rings (SSSR count). The lowest BCUT2D eigenvalue weighted by atomic mass is 9.92. The van der Waals surface area contributed by atoms with Gasteiger partial charge in [0.05, 0.1) is 23.0 Å². The number of thioether (sulfide) groups is 1. The summed E-state index contributed by atoms with van der Waals surface area (Å²) in [5, 5.41) is 14.2. The SMILES string of the molecule is Cc1cncc(C(=O)N2CC3(CC(OCc4cccnc4)CS3)C2)c1.O=C(O)C(F)(F)F.O=C(O)C(F)(F)F. The maximum absolute atomic E-state index is 12.5. The summed E-state index contributed by atoms with van der Waals surface area (Å²) in [6.07, 6.45) is -1.87. The van der Waals surface area contributed by atoms with E-state index in [9.17, 15) is 31.1 Å². The molecule has 2 fully saturated rings. The van der Waals surface area contributed by atoms with E-state index in [1.54, 1.807) is 18.6 Å². The summed E-state index contributed by atoms with van der Waals surface area (Å²) in [7, 11) is 0. The zero-order valence-electron chi connectivity index (χ0n) is 20.2. The second-order valence-corrected chi connectivity index (χ2v) is 10.00. The minimum atomic E-state index is -5.08. The summed E-state index contributed by atoms with van der Waals surface area (Å²) in [5.74, 6) is -4.43. The van der Waals surface area contributed by atoms with Gasteiger partial charge in [-0.05, 0) is 36.6 Å². The van der Waals surface area contributed by atoms with Crippen molar-refractivity contribution in [3.63, 3.8) is 0 Å². The van der Waals surface area contributed by atoms with Crippen molar-refractivity contribution in [1.82, 2.24) is 14.9 Å². The molecule has 39 heavy (non-hydrogen) atoms. The second-order valence-electron chi connectivity index (χ2n) is 8.51. The maximum Gasteiger partial charge on any atom is 0.490 e. The summed E-state index contributed by atoms with van der Waals surface area (Å²) >= 11 is 1.94. The molecule has 2 aliphatic rings. The molecule has 16 heteroatoms. The Morgan fingerprint density at radius 1 is 1.05 bits per heavy atom. The Labute approximate surface area is 222 Å². The molecule has 2 saturated heterocycles. The van der Waals surface area contributed by atoms with Crippen LogP contribution in [0.5, 0.6) is 0 Å². The van der Waals surface area contributed by atoms with Crippen molar-refractivity contribution in [3.05, 3.63) is 59.7 Å². The smallest absolute Gasteiger partial charge is 0.475 e. The van der Waals surface area contributed by atoms with Crippen LogP contribution in [0.1, 0.15) is 27.9 Å². The van der Waals surface area contributed by atoms with Gasteiger partial charge in [0, 0.05) is 43.6 Å². The number of carboxylic acid groups (broad SMARTS) is 2. The highest BCUT2D eigenvalue weighted by Crippen LogP contribution is 2.46. The van der Waals surface area contributed by atoms with Crippen LogP contribution in [-0.2, 0) is 20.9 Å². The number of carboxylic acids is 2. The van der Waals surface area contributed by atoms with Gasteiger partial charge >= 0.3 is 24.3 Å². The van der Waals surface area contributed by atoms with Crippen LogP contribution in [0.25, 0.3) is 0 Å². The zero-order chi connectivity index (χ0) is 29.4. The number of carbonyl (C=O) groups is 3. The van der Waals surface area contributed by atoms with Crippen LogP contribution in [0.15, 0.2) is 43.0 Å². The van der Waals surface area contributed by atoms with E-state index in [0.717, 1.165) is 36.4 Å². The first-order chi connectivity index (χ1) is 18.0. The highest BCUT2D eigenvalue weighted by molar-refractivity contribution is 8.01. The van der Waals surface area contributed by atoms with Gasteiger partial charge in [0.2, 0.25) is 0 Å². The van der Waals surface area contributed by atoms with Crippen LogP contribution in [0.3, 0.4) is 0 Å². The predicted octanol–water partition coefficient (Wildman–Crippen LogP) is 3.97. The number of ether oxygens (including phenoxy) is 1. The van der Waals surface area contributed by atoms with E-state index < -0.39 is 24.3 Å². The van der Waals surface area contributed by atoms with Gasteiger partial charge in [-0.15, -0.1) is 11.8 Å². The molecular formula is C23H23F6N3O6S. The first-order valence-corrected chi connectivity index (χ1v) is 12.0. The van der Waals surface area contributed by atoms with Gasteiger partial charge < -0.3 is 19.8 Å². The van der Waals surface area contributed by atoms with Crippen LogP contribution in [0.2, 0.25) is 0 Å². The minimum absolute atomic E-state index is 0.0853. The summed E-state index contributed by atoms with van der Waals surface area (Å²) in [6, 6.07) is 5.87. The molecule has 0 radical (unpaired) electrons. The quantitative estimate of drug-likeness (QED) is 0.514. The Kier molecular flexibility index (Phi) is 10.7. The number of alkyl halides is 6. The van der Waals surface area contributed by atoms with Crippen molar-refractivity contribution >= 4 is 29.6 Å². The predicted molar refractivity (Wildman–Crippen MR) is 125 cm³/mol. The van der Waals surface area contributed by atoms with E-state index in [0.29, 0.717) is 12.2 Å². The number of amides is 1. The number of pyridine rings is 2. The zero-order valence-corrected chi connectivity index (χ0v) is 21.0. The molecule has 2 aliphatic heterocycles. The fourth-order valence-electron chi connectivity index (χ4n) is 3.47. The van der Waals surface area contributed by atoms with Gasteiger partial charge in [-0.1, -0.05) is 6.07 Å². The molecule has 0 bridgehead atoms. The van der Waals surface area contributed by atoms with Crippen molar-refractivity contribution in [1.29, 1.82) is 0 Å². The second kappa shape index (κ2) is 13.1. The summed E-state index contributed by atoms with van der Waals surface area (Å²) in [4.78, 5) is 40.5. The first kappa shape index (κ1) is 31.8. The van der Waals surface area contributed by atoms with E-state index in [4.69, 9.17) is 24.5 Å². The third-order valence-corrected chi connectivity index (χ3v) is 6.81. The monoisotopic (exact) mass is 583 g/mol. The molecule has 1 unspecified atom stereocenters. The van der Waals surface area contributed by atoms with Crippen molar-refractivity contribution < 1.29 is 55.7 Å². The van der Waals surface area contributed by atoms with Crippen LogP contribution < -0.4 is 0 Å². The van der Waals surface area contributed by atoms with Gasteiger partial charge in [-0.2, -0.15) is 26.3 Å². The maximum atomic E-state index is 12.5. The van der Waals surface area contributed by atoms with E-state index in [2.05, 4.69) is 9.97 Å². The van der Waals surface area contributed by atoms with Gasteiger partial charge in [0.15, 0.2) is 0 Å². The molecule has 214 valence electrons. The Morgan fingerprint density at radius 3 is 2.13 bits per heavy atom. The lowest BCUT2D eigenvalue weighted by molar-refractivity contribution is -0.193. The average molecular weight is 584 g/mol. The van der Waals surface area contributed by atoms with Crippen molar-refractivity contribution in [2.24, 2.45) is 0 Å². The van der Waals surface area contributed by atoms with Crippen molar-refractivity contribution in [3.8, 4) is 0 Å². The Bertz CT molecular complexity index is 1120. The molecule has 1 atom stereocenters. The Balaban J connectivity index is 0.000000317. The molecule has 4 heterocycles. The Hall–Kier alpha value is -3.40. The van der Waals surface area contributed by atoms with E-state index in [1.807, 2.05) is 48.0 Å². The average Bonchev–Trinajstić information content (AvgIpc) is 3.26. The molecule has 0 aromatic carbocycles. The fourth-order valence-corrected chi connectivity index (χ4v) is 5.03.